The summed E-state index contributed by atoms with van der Waals surface area (Å²) in [5.41, 5.74) is 5.66. The number of hydrogen-bond donors (Lipinski definition) is 0. The van der Waals surface area contributed by atoms with E-state index in [-0.39, 0.29) is 10.6 Å². The molecule has 3 aromatic rings. The van der Waals surface area contributed by atoms with E-state index in [0.29, 0.717) is 18.0 Å². The Morgan fingerprint density at radius 2 is 1.54 bits per heavy atom. The number of nitrogens with zero attached hydrogens (tertiary/aromatic N) is 1. The van der Waals surface area contributed by atoms with Crippen molar-refractivity contribution in [3.63, 3.8) is 0 Å². The van der Waals surface area contributed by atoms with Crippen molar-refractivity contribution in [2.75, 3.05) is 0 Å². The molecule has 0 amide bonds. The minimum atomic E-state index is -0.171. The first-order chi connectivity index (χ1) is 13.5. The van der Waals surface area contributed by atoms with E-state index in [1.54, 1.807) is 10.6 Å². The number of rotatable bonds is 7. The normalized spacial score (nSPS) is 11.0. The number of aryl methyl sites for hydroxylation is 4. The standard InChI is InChI=1S/C24H25Cl2NO/c1-3-18-5-4-6-20(15-18)11-12-23-21(25)16-22(26)24(28)27(23)14-13-19-9-7-17(2)8-10-19/h4-10,15-16H,3,11-14H2,1-2H3. The molecule has 0 aliphatic heterocycles. The van der Waals surface area contributed by atoms with Gasteiger partial charge in [0.2, 0.25) is 0 Å². The van der Waals surface area contributed by atoms with Crippen LogP contribution < -0.4 is 5.56 Å². The fraction of sp³-hybridized carbons (Fsp3) is 0.292. The summed E-state index contributed by atoms with van der Waals surface area (Å²) in [6.45, 7) is 4.78. The molecule has 0 atom stereocenters. The predicted molar refractivity (Wildman–Crippen MR) is 119 cm³/mol. The number of halogens is 2. The van der Waals surface area contributed by atoms with E-state index >= 15 is 0 Å². The Labute approximate surface area is 176 Å². The monoisotopic (exact) mass is 413 g/mol. The summed E-state index contributed by atoms with van der Waals surface area (Å²) >= 11 is 12.6. The first kappa shape index (κ1) is 20.7. The molecule has 0 spiro atoms. The molecule has 2 nitrogen and oxygen atoms in total. The maximum Gasteiger partial charge on any atom is 0.269 e. The average Bonchev–Trinajstić information content (AvgIpc) is 2.70. The fourth-order valence-electron chi connectivity index (χ4n) is 3.39. The molecule has 0 radical (unpaired) electrons. The Morgan fingerprint density at radius 1 is 0.821 bits per heavy atom. The SMILES string of the molecule is CCc1cccc(CCc2c(Cl)cc(Cl)c(=O)n2CCc2ccc(C)cc2)c1. The van der Waals surface area contributed by atoms with Crippen LogP contribution in [0.1, 0.15) is 34.9 Å². The summed E-state index contributed by atoms with van der Waals surface area (Å²) in [6.07, 6.45) is 3.30. The molecule has 0 saturated heterocycles. The molecule has 4 heteroatoms. The van der Waals surface area contributed by atoms with Crippen molar-refractivity contribution in [2.45, 2.75) is 46.1 Å². The van der Waals surface area contributed by atoms with Crippen LogP contribution in [0.2, 0.25) is 10.0 Å². The fourth-order valence-corrected chi connectivity index (χ4v) is 3.96. The number of benzene rings is 2. The molecule has 0 N–H and O–H groups in total. The van der Waals surface area contributed by atoms with Gasteiger partial charge in [-0.05, 0) is 55.4 Å². The van der Waals surface area contributed by atoms with Gasteiger partial charge in [0.25, 0.3) is 5.56 Å². The lowest BCUT2D eigenvalue weighted by molar-refractivity contribution is 0.627. The van der Waals surface area contributed by atoms with Gasteiger partial charge in [0.1, 0.15) is 5.02 Å². The lowest BCUT2D eigenvalue weighted by atomic mass is 10.0. The van der Waals surface area contributed by atoms with E-state index in [9.17, 15) is 4.79 Å². The van der Waals surface area contributed by atoms with Crippen molar-refractivity contribution in [1.29, 1.82) is 0 Å². The maximum atomic E-state index is 12.7. The summed E-state index contributed by atoms with van der Waals surface area (Å²) in [4.78, 5) is 12.7. The molecule has 2 aromatic carbocycles. The molecule has 0 aliphatic rings. The van der Waals surface area contributed by atoms with E-state index in [1.165, 1.54) is 22.3 Å². The third-order valence-corrected chi connectivity index (χ3v) is 5.70. The summed E-state index contributed by atoms with van der Waals surface area (Å²) in [7, 11) is 0. The summed E-state index contributed by atoms with van der Waals surface area (Å²) in [6, 6.07) is 18.5. The predicted octanol–water partition coefficient (Wildman–Crippen LogP) is 6.05. The zero-order chi connectivity index (χ0) is 20.1. The third-order valence-electron chi connectivity index (χ3n) is 5.10. The molecule has 0 bridgehead atoms. The van der Waals surface area contributed by atoms with Gasteiger partial charge in [-0.15, -0.1) is 0 Å². The Balaban J connectivity index is 1.84. The number of pyridine rings is 1. The minimum absolute atomic E-state index is 0.171. The molecular weight excluding hydrogens is 389 g/mol. The molecule has 0 aliphatic carbocycles. The lowest BCUT2D eigenvalue weighted by Crippen LogP contribution is -2.25. The largest absolute Gasteiger partial charge is 0.310 e. The quantitative estimate of drug-likeness (QED) is 0.461. The highest BCUT2D eigenvalue weighted by Crippen LogP contribution is 2.21. The van der Waals surface area contributed by atoms with Crippen LogP contribution in [-0.2, 0) is 32.2 Å². The van der Waals surface area contributed by atoms with E-state index in [1.807, 2.05) is 0 Å². The van der Waals surface area contributed by atoms with Crippen molar-refractivity contribution in [3.8, 4) is 0 Å². The Morgan fingerprint density at radius 3 is 2.25 bits per heavy atom. The Bertz CT molecular complexity index is 1010. The summed E-state index contributed by atoms with van der Waals surface area (Å²) in [5, 5.41) is 0.728. The lowest BCUT2D eigenvalue weighted by Gasteiger charge is -2.16. The molecule has 1 heterocycles. The smallest absolute Gasteiger partial charge is 0.269 e. The van der Waals surface area contributed by atoms with Crippen LogP contribution >= 0.6 is 23.2 Å². The molecule has 146 valence electrons. The highest BCUT2D eigenvalue weighted by molar-refractivity contribution is 6.34. The zero-order valence-corrected chi connectivity index (χ0v) is 17.9. The molecule has 3 rings (SSSR count). The summed E-state index contributed by atoms with van der Waals surface area (Å²) in [5.74, 6) is 0. The average molecular weight is 414 g/mol. The maximum absolute atomic E-state index is 12.7. The second-order valence-electron chi connectivity index (χ2n) is 7.15. The molecule has 0 saturated carbocycles. The van der Waals surface area contributed by atoms with Gasteiger partial charge in [-0.3, -0.25) is 4.79 Å². The molecule has 0 unspecified atom stereocenters. The van der Waals surface area contributed by atoms with E-state index in [2.05, 4.69) is 62.4 Å². The van der Waals surface area contributed by atoms with Crippen molar-refractivity contribution in [1.82, 2.24) is 4.57 Å². The molecular formula is C24H25Cl2NO. The Kier molecular flexibility index (Phi) is 6.98. The van der Waals surface area contributed by atoms with Crippen LogP contribution in [0.4, 0.5) is 0 Å². The van der Waals surface area contributed by atoms with Gasteiger partial charge in [0.15, 0.2) is 0 Å². The first-order valence-corrected chi connectivity index (χ1v) is 10.4. The highest BCUT2D eigenvalue weighted by Gasteiger charge is 2.13. The van der Waals surface area contributed by atoms with Gasteiger partial charge in [-0.1, -0.05) is 84.2 Å². The molecule has 1 aromatic heterocycles. The van der Waals surface area contributed by atoms with Crippen LogP contribution in [0.15, 0.2) is 59.4 Å². The summed E-state index contributed by atoms with van der Waals surface area (Å²) < 4.78 is 1.74. The van der Waals surface area contributed by atoms with Gasteiger partial charge in [-0.25, -0.2) is 0 Å². The highest BCUT2D eigenvalue weighted by atomic mass is 35.5. The third kappa shape index (κ3) is 5.06. The second kappa shape index (κ2) is 9.45. The van der Waals surface area contributed by atoms with Crippen LogP contribution in [0.5, 0.6) is 0 Å². The van der Waals surface area contributed by atoms with Crippen molar-refractivity contribution in [3.05, 3.63) is 103 Å². The zero-order valence-electron chi connectivity index (χ0n) is 16.3. The van der Waals surface area contributed by atoms with Crippen molar-refractivity contribution in [2.24, 2.45) is 0 Å². The van der Waals surface area contributed by atoms with Crippen LogP contribution in [0.25, 0.3) is 0 Å². The van der Waals surface area contributed by atoms with Crippen LogP contribution in [0.3, 0.4) is 0 Å². The topological polar surface area (TPSA) is 22.0 Å². The minimum Gasteiger partial charge on any atom is -0.310 e. The second-order valence-corrected chi connectivity index (χ2v) is 7.97. The number of aromatic nitrogens is 1. The van der Waals surface area contributed by atoms with Crippen LogP contribution in [0, 0.1) is 6.92 Å². The first-order valence-electron chi connectivity index (χ1n) is 9.69. The van der Waals surface area contributed by atoms with Crippen molar-refractivity contribution >= 4 is 23.2 Å². The van der Waals surface area contributed by atoms with Crippen molar-refractivity contribution < 1.29 is 0 Å². The molecule has 0 fully saturated rings. The number of hydrogen-bond acceptors (Lipinski definition) is 1. The Hall–Kier alpha value is -2.03. The van der Waals surface area contributed by atoms with Gasteiger partial charge < -0.3 is 4.57 Å². The molecule has 28 heavy (non-hydrogen) atoms. The van der Waals surface area contributed by atoms with Gasteiger partial charge in [-0.2, -0.15) is 0 Å². The van der Waals surface area contributed by atoms with E-state index in [4.69, 9.17) is 23.2 Å². The van der Waals surface area contributed by atoms with Gasteiger partial charge in [0.05, 0.1) is 5.02 Å². The van der Waals surface area contributed by atoms with E-state index in [0.717, 1.165) is 25.0 Å². The van der Waals surface area contributed by atoms with E-state index < -0.39 is 0 Å². The van der Waals surface area contributed by atoms with Gasteiger partial charge >= 0.3 is 0 Å². The van der Waals surface area contributed by atoms with Gasteiger partial charge in [0, 0.05) is 12.2 Å². The van der Waals surface area contributed by atoms with Crippen LogP contribution in [-0.4, -0.2) is 4.57 Å².